The van der Waals surface area contributed by atoms with Crippen LogP contribution in [0.25, 0.3) is 0 Å². The fourth-order valence-corrected chi connectivity index (χ4v) is 2.18. The maximum absolute atomic E-state index is 12.2. The van der Waals surface area contributed by atoms with Gasteiger partial charge >= 0.3 is 6.03 Å². The lowest BCUT2D eigenvalue weighted by molar-refractivity contribution is 0.205. The molecule has 0 bridgehead atoms. The van der Waals surface area contributed by atoms with Crippen molar-refractivity contribution in [3.8, 4) is 0 Å². The molecule has 0 heterocycles. The molecule has 0 saturated heterocycles. The van der Waals surface area contributed by atoms with Gasteiger partial charge in [0.2, 0.25) is 0 Å². The third-order valence-electron chi connectivity index (χ3n) is 3.40. The molecule has 2 amide bonds. The molecule has 1 aromatic carbocycles. The predicted octanol–water partition coefficient (Wildman–Crippen LogP) is 2.59. The van der Waals surface area contributed by atoms with Crippen molar-refractivity contribution >= 4 is 11.7 Å². The van der Waals surface area contributed by atoms with Crippen molar-refractivity contribution in [3.63, 3.8) is 0 Å². The minimum Gasteiger partial charge on any atom is -0.396 e. The lowest BCUT2D eigenvalue weighted by Crippen LogP contribution is -2.35. The number of benzene rings is 1. The van der Waals surface area contributed by atoms with E-state index in [1.807, 2.05) is 31.2 Å². The van der Waals surface area contributed by atoms with Crippen LogP contribution in [0.15, 0.2) is 24.3 Å². The summed E-state index contributed by atoms with van der Waals surface area (Å²) in [7, 11) is 0. The molecule has 21 heavy (non-hydrogen) atoms. The Morgan fingerprint density at radius 1 is 1.38 bits per heavy atom. The Bertz CT molecular complexity index is 437. The smallest absolute Gasteiger partial charge is 0.321 e. The van der Waals surface area contributed by atoms with Crippen LogP contribution in [-0.4, -0.2) is 42.3 Å². The molecule has 0 radical (unpaired) electrons. The molecule has 0 aliphatic rings. The molecule has 1 rings (SSSR count). The Kier molecular flexibility index (Phi) is 7.79. The van der Waals surface area contributed by atoms with Crippen molar-refractivity contribution < 1.29 is 9.90 Å². The van der Waals surface area contributed by atoms with E-state index in [0.29, 0.717) is 19.5 Å². The first kappa shape index (κ1) is 17.5. The molecule has 0 aliphatic heterocycles. The van der Waals surface area contributed by atoms with Gasteiger partial charge in [-0.25, -0.2) is 4.79 Å². The van der Waals surface area contributed by atoms with E-state index in [-0.39, 0.29) is 18.7 Å². The highest BCUT2D eigenvalue weighted by atomic mass is 16.3. The molecule has 0 fully saturated rings. The average molecular weight is 293 g/mol. The van der Waals surface area contributed by atoms with Gasteiger partial charge in [-0.3, -0.25) is 0 Å². The van der Waals surface area contributed by atoms with Crippen molar-refractivity contribution in [3.05, 3.63) is 29.8 Å². The van der Waals surface area contributed by atoms with Crippen molar-refractivity contribution in [2.45, 2.75) is 33.2 Å². The summed E-state index contributed by atoms with van der Waals surface area (Å²) in [6.07, 6.45) is 0.596. The summed E-state index contributed by atoms with van der Waals surface area (Å²) >= 11 is 0. The van der Waals surface area contributed by atoms with E-state index in [9.17, 15) is 4.79 Å². The number of hydrogen-bond acceptors (Lipinski definition) is 3. The van der Waals surface area contributed by atoms with Gasteiger partial charge in [0.25, 0.3) is 0 Å². The van der Waals surface area contributed by atoms with Crippen LogP contribution in [0.5, 0.6) is 0 Å². The largest absolute Gasteiger partial charge is 0.396 e. The molecule has 1 aromatic rings. The van der Waals surface area contributed by atoms with E-state index >= 15 is 0 Å². The minimum atomic E-state index is -0.126. The fraction of sp³-hybridized carbons (Fsp3) is 0.562. The number of nitrogens with zero attached hydrogens (tertiary/aromatic N) is 1. The van der Waals surface area contributed by atoms with Gasteiger partial charge in [0.05, 0.1) is 0 Å². The van der Waals surface area contributed by atoms with E-state index in [4.69, 9.17) is 5.11 Å². The maximum atomic E-state index is 12.2. The normalized spacial score (nSPS) is 12.0. The Balaban J connectivity index is 2.69. The first-order chi connectivity index (χ1) is 10.1. The van der Waals surface area contributed by atoms with Gasteiger partial charge in [0, 0.05) is 31.4 Å². The summed E-state index contributed by atoms with van der Waals surface area (Å²) in [5.74, 6) is 0. The lowest BCUT2D eigenvalue weighted by Gasteiger charge is -2.21. The van der Waals surface area contributed by atoms with Crippen LogP contribution >= 0.6 is 0 Å². The number of nitrogens with one attached hydrogen (secondary N) is 2. The number of urea groups is 1. The van der Waals surface area contributed by atoms with Gasteiger partial charge in [0.15, 0.2) is 0 Å². The Morgan fingerprint density at radius 2 is 2.14 bits per heavy atom. The van der Waals surface area contributed by atoms with E-state index in [1.54, 1.807) is 4.90 Å². The summed E-state index contributed by atoms with van der Waals surface area (Å²) in [6.45, 7) is 8.29. The molecular formula is C16H27N3O2. The van der Waals surface area contributed by atoms with Crippen LogP contribution in [0.1, 0.15) is 38.8 Å². The SMILES string of the molecule is CCNC(C)c1cccc(NC(=O)N(CC)CCCO)c1. The quantitative estimate of drug-likeness (QED) is 0.690. The Morgan fingerprint density at radius 3 is 2.76 bits per heavy atom. The van der Waals surface area contributed by atoms with Gasteiger partial charge in [0.1, 0.15) is 0 Å². The second-order valence-electron chi connectivity index (χ2n) is 4.99. The molecule has 118 valence electrons. The summed E-state index contributed by atoms with van der Waals surface area (Å²) < 4.78 is 0. The van der Waals surface area contributed by atoms with Gasteiger partial charge in [-0.2, -0.15) is 0 Å². The van der Waals surface area contributed by atoms with Crippen molar-refractivity contribution in [2.24, 2.45) is 0 Å². The zero-order valence-electron chi connectivity index (χ0n) is 13.2. The first-order valence-electron chi connectivity index (χ1n) is 7.62. The third kappa shape index (κ3) is 5.73. The molecule has 0 aliphatic carbocycles. The highest BCUT2D eigenvalue weighted by Gasteiger charge is 2.12. The van der Waals surface area contributed by atoms with Crippen LogP contribution in [0.2, 0.25) is 0 Å². The Labute approximate surface area is 127 Å². The number of carbonyl (C=O) groups is 1. The zero-order valence-corrected chi connectivity index (χ0v) is 13.2. The standard InChI is InChI=1S/C16H27N3O2/c1-4-17-13(3)14-8-6-9-15(12-14)18-16(21)19(5-2)10-7-11-20/h6,8-9,12-13,17,20H,4-5,7,10-11H2,1-3H3,(H,18,21). The number of amides is 2. The number of rotatable bonds is 8. The summed E-state index contributed by atoms with van der Waals surface area (Å²) in [5, 5.41) is 15.1. The van der Waals surface area contributed by atoms with Crippen LogP contribution in [0.3, 0.4) is 0 Å². The van der Waals surface area contributed by atoms with Gasteiger partial charge in [-0.05, 0) is 44.5 Å². The molecular weight excluding hydrogens is 266 g/mol. The Hall–Kier alpha value is -1.59. The topological polar surface area (TPSA) is 64.6 Å². The average Bonchev–Trinajstić information content (AvgIpc) is 2.48. The van der Waals surface area contributed by atoms with Crippen molar-refractivity contribution in [2.75, 3.05) is 31.6 Å². The summed E-state index contributed by atoms with van der Waals surface area (Å²) in [5.41, 5.74) is 1.94. The zero-order chi connectivity index (χ0) is 15.7. The number of hydrogen-bond donors (Lipinski definition) is 3. The van der Waals surface area contributed by atoms with E-state index < -0.39 is 0 Å². The lowest BCUT2D eigenvalue weighted by atomic mass is 10.1. The number of aliphatic hydroxyl groups is 1. The van der Waals surface area contributed by atoms with E-state index in [1.165, 1.54) is 0 Å². The van der Waals surface area contributed by atoms with E-state index in [0.717, 1.165) is 17.8 Å². The summed E-state index contributed by atoms with van der Waals surface area (Å²) in [6, 6.07) is 8.00. The minimum absolute atomic E-state index is 0.0967. The molecule has 0 saturated carbocycles. The second kappa shape index (κ2) is 9.37. The van der Waals surface area contributed by atoms with Crippen LogP contribution < -0.4 is 10.6 Å². The molecule has 5 nitrogen and oxygen atoms in total. The second-order valence-corrected chi connectivity index (χ2v) is 4.99. The highest BCUT2D eigenvalue weighted by Crippen LogP contribution is 2.17. The van der Waals surface area contributed by atoms with Crippen molar-refractivity contribution in [1.82, 2.24) is 10.2 Å². The molecule has 1 atom stereocenters. The molecule has 1 unspecified atom stereocenters. The van der Waals surface area contributed by atoms with E-state index in [2.05, 4.69) is 24.5 Å². The monoisotopic (exact) mass is 293 g/mol. The molecule has 5 heteroatoms. The predicted molar refractivity (Wildman–Crippen MR) is 86.5 cm³/mol. The number of carbonyl (C=O) groups excluding carboxylic acids is 1. The van der Waals surface area contributed by atoms with Gasteiger partial charge in [-0.15, -0.1) is 0 Å². The van der Waals surface area contributed by atoms with Crippen LogP contribution in [0, 0.1) is 0 Å². The highest BCUT2D eigenvalue weighted by molar-refractivity contribution is 5.89. The summed E-state index contributed by atoms with van der Waals surface area (Å²) in [4.78, 5) is 13.9. The van der Waals surface area contributed by atoms with Crippen LogP contribution in [-0.2, 0) is 0 Å². The van der Waals surface area contributed by atoms with Crippen molar-refractivity contribution in [1.29, 1.82) is 0 Å². The fourth-order valence-electron chi connectivity index (χ4n) is 2.18. The molecule has 0 spiro atoms. The number of aliphatic hydroxyl groups excluding tert-OH is 1. The maximum Gasteiger partial charge on any atom is 0.321 e. The van der Waals surface area contributed by atoms with Crippen LogP contribution in [0.4, 0.5) is 10.5 Å². The van der Waals surface area contributed by atoms with Gasteiger partial charge < -0.3 is 20.6 Å². The number of anilines is 1. The first-order valence-corrected chi connectivity index (χ1v) is 7.62. The van der Waals surface area contributed by atoms with Gasteiger partial charge in [-0.1, -0.05) is 19.1 Å². The third-order valence-corrected chi connectivity index (χ3v) is 3.40. The molecule has 3 N–H and O–H groups in total. The molecule has 0 aromatic heterocycles.